The van der Waals surface area contributed by atoms with E-state index in [1.54, 1.807) is 17.6 Å². The number of pyridine rings is 1. The third-order valence-electron chi connectivity index (χ3n) is 4.34. The zero-order chi connectivity index (χ0) is 17.1. The highest BCUT2D eigenvalue weighted by molar-refractivity contribution is 5.91. The minimum atomic E-state index is -0.629. The molecule has 0 spiro atoms. The van der Waals surface area contributed by atoms with Gasteiger partial charge in [0.15, 0.2) is 0 Å². The average Bonchev–Trinajstić information content (AvgIpc) is 2.62. The van der Waals surface area contributed by atoms with Gasteiger partial charge >= 0.3 is 0 Å². The second-order valence-electron chi connectivity index (χ2n) is 5.91. The summed E-state index contributed by atoms with van der Waals surface area (Å²) in [5.74, 6) is -0.539. The maximum atomic E-state index is 12.6. The number of nitrogens with zero attached hydrogens (tertiary/aromatic N) is 2. The van der Waals surface area contributed by atoms with Crippen LogP contribution in [0.2, 0.25) is 0 Å². The number of nitrogens with one attached hydrogen (secondary N) is 1. The third kappa shape index (κ3) is 3.28. The van der Waals surface area contributed by atoms with E-state index in [-0.39, 0.29) is 11.6 Å². The normalized spacial score (nSPS) is 13.3. The maximum absolute atomic E-state index is 12.6. The Morgan fingerprint density at radius 3 is 2.79 bits per heavy atom. The van der Waals surface area contributed by atoms with Gasteiger partial charge in [-0.05, 0) is 29.7 Å². The van der Waals surface area contributed by atoms with Crippen LogP contribution in [0.25, 0.3) is 0 Å². The minimum absolute atomic E-state index is 0.0899. The molecule has 124 valence electrons. The summed E-state index contributed by atoms with van der Waals surface area (Å²) in [6.07, 6.45) is 0.988. The Hall–Kier alpha value is -2.73. The van der Waals surface area contributed by atoms with Crippen LogP contribution in [0.3, 0.4) is 0 Å². The van der Waals surface area contributed by atoms with E-state index in [2.05, 4.69) is 4.98 Å². The Balaban J connectivity index is 1.72. The summed E-state index contributed by atoms with van der Waals surface area (Å²) >= 11 is 0. The van der Waals surface area contributed by atoms with Crippen molar-refractivity contribution in [3.05, 3.63) is 64.5 Å². The number of fused-ring (bicyclic) bond motifs is 1. The van der Waals surface area contributed by atoms with Crippen molar-refractivity contribution in [3.8, 4) is 0 Å². The number of rotatable bonds is 3. The Labute approximate surface area is 140 Å². The zero-order valence-corrected chi connectivity index (χ0v) is 13.5. The van der Waals surface area contributed by atoms with E-state index in [4.69, 9.17) is 5.21 Å². The average molecular weight is 325 g/mol. The lowest BCUT2D eigenvalue weighted by Crippen LogP contribution is -2.37. The molecule has 0 bridgehead atoms. The molecule has 2 N–H and O–H groups in total. The summed E-state index contributed by atoms with van der Waals surface area (Å²) in [7, 11) is 0. The summed E-state index contributed by atoms with van der Waals surface area (Å²) in [5, 5.41) is 8.68. The van der Waals surface area contributed by atoms with Crippen LogP contribution in [0.1, 0.15) is 32.9 Å². The van der Waals surface area contributed by atoms with Gasteiger partial charge in [0.2, 0.25) is 5.91 Å². The van der Waals surface area contributed by atoms with Crippen LogP contribution >= 0.6 is 0 Å². The fourth-order valence-electron chi connectivity index (χ4n) is 2.90. The molecule has 0 atom stereocenters. The molecule has 0 saturated heterocycles. The van der Waals surface area contributed by atoms with Crippen molar-refractivity contribution in [3.63, 3.8) is 0 Å². The summed E-state index contributed by atoms with van der Waals surface area (Å²) in [5.41, 5.74) is 5.66. The van der Waals surface area contributed by atoms with E-state index >= 15 is 0 Å². The first kappa shape index (κ1) is 16.1. The zero-order valence-electron chi connectivity index (χ0n) is 13.5. The molecule has 1 aromatic heterocycles. The number of aromatic nitrogens is 1. The number of carbonyl (C=O) groups is 2. The smallest absolute Gasteiger partial charge is 0.293 e. The minimum Gasteiger partial charge on any atom is -0.338 e. The number of benzene rings is 1. The van der Waals surface area contributed by atoms with Crippen LogP contribution in [0, 0.1) is 6.92 Å². The van der Waals surface area contributed by atoms with Crippen LogP contribution in [0.15, 0.2) is 36.4 Å². The van der Waals surface area contributed by atoms with Crippen LogP contribution < -0.4 is 5.48 Å². The highest BCUT2D eigenvalue weighted by Gasteiger charge is 2.23. The molecule has 6 nitrogen and oxygen atoms in total. The van der Waals surface area contributed by atoms with Gasteiger partial charge in [0, 0.05) is 25.2 Å². The van der Waals surface area contributed by atoms with E-state index in [0.29, 0.717) is 25.9 Å². The fraction of sp³-hybridized carbons (Fsp3) is 0.278. The summed E-state index contributed by atoms with van der Waals surface area (Å²) in [6.45, 7) is 3.08. The number of hydroxylamine groups is 1. The first-order valence-corrected chi connectivity index (χ1v) is 7.84. The van der Waals surface area contributed by atoms with Crippen molar-refractivity contribution in [2.24, 2.45) is 0 Å². The first-order chi connectivity index (χ1) is 11.6. The van der Waals surface area contributed by atoms with Gasteiger partial charge in [-0.2, -0.15) is 0 Å². The van der Waals surface area contributed by atoms with E-state index < -0.39 is 5.91 Å². The second kappa shape index (κ2) is 6.80. The number of hydrogen-bond donors (Lipinski definition) is 2. The summed E-state index contributed by atoms with van der Waals surface area (Å²) in [4.78, 5) is 30.1. The molecule has 0 aliphatic carbocycles. The van der Waals surface area contributed by atoms with Gasteiger partial charge in [0.1, 0.15) is 5.69 Å². The van der Waals surface area contributed by atoms with Gasteiger partial charge in [0.05, 0.1) is 6.42 Å². The van der Waals surface area contributed by atoms with Gasteiger partial charge in [-0.25, -0.2) is 10.5 Å². The number of hydrogen-bond acceptors (Lipinski definition) is 4. The predicted octanol–water partition coefficient (Wildman–Crippen LogP) is 1.64. The quantitative estimate of drug-likeness (QED) is 0.664. The number of aryl methyl sites for hydroxylation is 1. The maximum Gasteiger partial charge on any atom is 0.293 e. The van der Waals surface area contributed by atoms with Crippen LogP contribution in [-0.4, -0.2) is 33.5 Å². The standard InChI is InChI=1S/C18H19N3O3/c1-12-4-2-3-5-13(12)10-17(22)21-9-8-15-14(11-21)6-7-16(19-15)18(23)20-24/h2-7,24H,8-11H2,1H3,(H,20,23). The second-order valence-corrected chi connectivity index (χ2v) is 5.91. The van der Waals surface area contributed by atoms with Crippen LogP contribution in [-0.2, 0) is 24.2 Å². The van der Waals surface area contributed by atoms with Crippen LogP contribution in [0.5, 0.6) is 0 Å². The van der Waals surface area contributed by atoms with Gasteiger partial charge in [-0.1, -0.05) is 30.3 Å². The topological polar surface area (TPSA) is 82.5 Å². The van der Waals surface area contributed by atoms with Gasteiger partial charge < -0.3 is 4.90 Å². The molecule has 24 heavy (non-hydrogen) atoms. The Morgan fingerprint density at radius 1 is 1.25 bits per heavy atom. The summed E-state index contributed by atoms with van der Waals surface area (Å²) < 4.78 is 0. The van der Waals surface area contributed by atoms with Gasteiger partial charge in [-0.15, -0.1) is 0 Å². The molecule has 3 rings (SSSR count). The van der Waals surface area contributed by atoms with Crippen molar-refractivity contribution >= 4 is 11.8 Å². The van der Waals surface area contributed by atoms with E-state index in [1.807, 2.05) is 36.1 Å². The SMILES string of the molecule is Cc1ccccc1CC(=O)N1CCc2nc(C(=O)NO)ccc2C1. The highest BCUT2D eigenvalue weighted by Crippen LogP contribution is 2.19. The predicted molar refractivity (Wildman–Crippen MR) is 87.5 cm³/mol. The van der Waals surface area contributed by atoms with Crippen LogP contribution in [0.4, 0.5) is 0 Å². The van der Waals surface area contributed by atoms with Crippen molar-refractivity contribution in [2.45, 2.75) is 26.3 Å². The number of amides is 2. The lowest BCUT2D eigenvalue weighted by Gasteiger charge is -2.28. The van der Waals surface area contributed by atoms with E-state index in [9.17, 15) is 9.59 Å². The molecule has 2 aromatic rings. The van der Waals surface area contributed by atoms with Gasteiger partial charge in [0.25, 0.3) is 5.91 Å². The molecule has 2 amide bonds. The molecule has 1 aliphatic heterocycles. The fourth-order valence-corrected chi connectivity index (χ4v) is 2.90. The molecule has 0 radical (unpaired) electrons. The largest absolute Gasteiger partial charge is 0.338 e. The molecule has 0 saturated carbocycles. The molecule has 0 unspecified atom stereocenters. The van der Waals surface area contributed by atoms with E-state index in [1.165, 1.54) is 0 Å². The molecular weight excluding hydrogens is 306 g/mol. The number of carbonyl (C=O) groups excluding carboxylic acids is 2. The summed E-state index contributed by atoms with van der Waals surface area (Å²) in [6, 6.07) is 11.2. The monoisotopic (exact) mass is 325 g/mol. The van der Waals surface area contributed by atoms with Gasteiger partial charge in [-0.3, -0.25) is 14.8 Å². The molecule has 1 aliphatic rings. The lowest BCUT2D eigenvalue weighted by atomic mass is 10.0. The first-order valence-electron chi connectivity index (χ1n) is 7.84. The lowest BCUT2D eigenvalue weighted by molar-refractivity contribution is -0.131. The Morgan fingerprint density at radius 2 is 2.04 bits per heavy atom. The van der Waals surface area contributed by atoms with Crippen molar-refractivity contribution in [1.82, 2.24) is 15.4 Å². The molecule has 1 aromatic carbocycles. The molecular formula is C18H19N3O3. The third-order valence-corrected chi connectivity index (χ3v) is 4.34. The molecule has 2 heterocycles. The Bertz CT molecular complexity index is 789. The molecule has 6 heteroatoms. The molecule has 0 fully saturated rings. The Kier molecular flexibility index (Phi) is 4.57. The van der Waals surface area contributed by atoms with E-state index in [0.717, 1.165) is 22.4 Å². The van der Waals surface area contributed by atoms with Crippen molar-refractivity contribution in [2.75, 3.05) is 6.54 Å². The highest BCUT2D eigenvalue weighted by atomic mass is 16.5. The van der Waals surface area contributed by atoms with Crippen molar-refractivity contribution < 1.29 is 14.8 Å². The van der Waals surface area contributed by atoms with Crippen molar-refractivity contribution in [1.29, 1.82) is 0 Å².